The summed E-state index contributed by atoms with van der Waals surface area (Å²) in [6.45, 7) is 1.56. The SMILES string of the molecule is CCC(=O)C(C(=O)OC)C(c1ccc([N+](=O)[O-])cc1)C(C#N)C(=O)c1ccccc1. The van der Waals surface area contributed by atoms with Gasteiger partial charge in [0.25, 0.3) is 5.69 Å². The fourth-order valence-electron chi connectivity index (χ4n) is 3.30. The van der Waals surface area contributed by atoms with Crippen LogP contribution in [0.2, 0.25) is 0 Å². The Morgan fingerprint density at radius 2 is 1.70 bits per heavy atom. The van der Waals surface area contributed by atoms with Gasteiger partial charge in [-0.15, -0.1) is 0 Å². The molecule has 8 heteroatoms. The predicted molar refractivity (Wildman–Crippen MR) is 107 cm³/mol. The third kappa shape index (κ3) is 4.75. The van der Waals surface area contributed by atoms with Crippen LogP contribution in [-0.2, 0) is 14.3 Å². The summed E-state index contributed by atoms with van der Waals surface area (Å²) in [6.07, 6.45) is -0.0130. The molecule has 8 nitrogen and oxygen atoms in total. The van der Waals surface area contributed by atoms with Gasteiger partial charge in [0.15, 0.2) is 5.78 Å². The third-order valence-corrected chi connectivity index (χ3v) is 4.84. The van der Waals surface area contributed by atoms with Crippen molar-refractivity contribution in [1.82, 2.24) is 0 Å². The zero-order valence-electron chi connectivity index (χ0n) is 16.5. The number of rotatable bonds is 9. The predicted octanol–water partition coefficient (Wildman–Crippen LogP) is 3.47. The first kappa shape index (κ1) is 22.4. The molecule has 0 bridgehead atoms. The standard InChI is InChI=1S/C22H20N2O6/c1-3-18(25)20(22(27)30-2)19(14-9-11-16(12-10-14)24(28)29)17(13-23)21(26)15-7-5-4-6-8-15/h4-12,17,19-20H,3H2,1-2H3. The lowest BCUT2D eigenvalue weighted by atomic mass is 9.72. The largest absolute Gasteiger partial charge is 0.468 e. The number of nitro benzene ring substituents is 1. The van der Waals surface area contributed by atoms with Gasteiger partial charge in [-0.1, -0.05) is 49.4 Å². The van der Waals surface area contributed by atoms with Crippen molar-refractivity contribution in [3.05, 3.63) is 75.8 Å². The number of non-ortho nitro benzene ring substituents is 1. The molecule has 2 rings (SSSR count). The first-order chi connectivity index (χ1) is 14.3. The minimum atomic E-state index is -1.40. The van der Waals surface area contributed by atoms with Crippen LogP contribution in [0.4, 0.5) is 5.69 Å². The summed E-state index contributed by atoms with van der Waals surface area (Å²) in [7, 11) is 1.12. The molecule has 30 heavy (non-hydrogen) atoms. The summed E-state index contributed by atoms with van der Waals surface area (Å²) < 4.78 is 4.79. The lowest BCUT2D eigenvalue weighted by molar-refractivity contribution is -0.384. The number of nitrogens with zero attached hydrogens (tertiary/aromatic N) is 2. The van der Waals surface area contributed by atoms with Crippen molar-refractivity contribution in [1.29, 1.82) is 5.26 Å². The average Bonchev–Trinajstić information content (AvgIpc) is 2.78. The number of Topliss-reactive ketones (excluding diaryl/α,β-unsaturated/α-hetero) is 2. The van der Waals surface area contributed by atoms with E-state index in [1.54, 1.807) is 25.1 Å². The Labute approximate surface area is 173 Å². The fourth-order valence-corrected chi connectivity index (χ4v) is 3.30. The van der Waals surface area contributed by atoms with Crippen molar-refractivity contribution in [3.63, 3.8) is 0 Å². The van der Waals surface area contributed by atoms with Crippen LogP contribution in [0, 0.1) is 33.3 Å². The summed E-state index contributed by atoms with van der Waals surface area (Å²) in [5.41, 5.74) is 0.342. The zero-order valence-corrected chi connectivity index (χ0v) is 16.5. The van der Waals surface area contributed by atoms with Crippen LogP contribution in [0.15, 0.2) is 54.6 Å². The maximum Gasteiger partial charge on any atom is 0.316 e. The Hall–Kier alpha value is -3.86. The lowest BCUT2D eigenvalue weighted by Crippen LogP contribution is -2.37. The quantitative estimate of drug-likeness (QED) is 0.204. The van der Waals surface area contributed by atoms with E-state index < -0.39 is 40.2 Å². The molecule has 0 heterocycles. The number of nitro groups is 1. The molecule has 154 valence electrons. The number of esters is 1. The highest BCUT2D eigenvalue weighted by molar-refractivity contribution is 6.04. The molecule has 3 unspecified atom stereocenters. The van der Waals surface area contributed by atoms with Crippen LogP contribution in [0.25, 0.3) is 0 Å². The van der Waals surface area contributed by atoms with E-state index in [9.17, 15) is 29.8 Å². The molecule has 0 amide bonds. The van der Waals surface area contributed by atoms with Crippen LogP contribution < -0.4 is 0 Å². The second-order valence-corrected chi connectivity index (χ2v) is 6.53. The summed E-state index contributed by atoms with van der Waals surface area (Å²) in [6, 6.07) is 15.1. The van der Waals surface area contributed by atoms with Gasteiger partial charge < -0.3 is 4.74 Å². The number of benzene rings is 2. The minimum absolute atomic E-state index is 0.0130. The van der Waals surface area contributed by atoms with Crippen molar-refractivity contribution >= 4 is 23.2 Å². The highest BCUT2D eigenvalue weighted by atomic mass is 16.6. The summed E-state index contributed by atoms with van der Waals surface area (Å²) >= 11 is 0. The van der Waals surface area contributed by atoms with E-state index in [2.05, 4.69) is 0 Å². The Kier molecular flexibility index (Phi) is 7.53. The van der Waals surface area contributed by atoms with Crippen LogP contribution in [0.3, 0.4) is 0 Å². The van der Waals surface area contributed by atoms with Gasteiger partial charge in [-0.2, -0.15) is 5.26 Å². The number of carbonyl (C=O) groups is 3. The van der Waals surface area contributed by atoms with E-state index in [1.165, 1.54) is 36.4 Å². The van der Waals surface area contributed by atoms with Crippen LogP contribution >= 0.6 is 0 Å². The molecule has 0 saturated carbocycles. The van der Waals surface area contributed by atoms with Crippen molar-refractivity contribution in [2.45, 2.75) is 19.3 Å². The topological polar surface area (TPSA) is 127 Å². The maximum atomic E-state index is 13.1. The first-order valence-electron chi connectivity index (χ1n) is 9.19. The first-order valence-corrected chi connectivity index (χ1v) is 9.19. The Morgan fingerprint density at radius 1 is 1.10 bits per heavy atom. The van der Waals surface area contributed by atoms with Gasteiger partial charge in [-0.25, -0.2) is 0 Å². The number of hydrogen-bond donors (Lipinski definition) is 0. The van der Waals surface area contributed by atoms with Crippen molar-refractivity contribution < 1.29 is 24.0 Å². The number of hydrogen-bond acceptors (Lipinski definition) is 7. The third-order valence-electron chi connectivity index (χ3n) is 4.84. The molecule has 0 radical (unpaired) electrons. The molecule has 0 saturated heterocycles. The van der Waals surface area contributed by atoms with Gasteiger partial charge in [0.05, 0.1) is 18.1 Å². The molecular formula is C22H20N2O6. The van der Waals surface area contributed by atoms with Crippen LogP contribution in [0.1, 0.15) is 35.2 Å². The van der Waals surface area contributed by atoms with E-state index in [0.717, 1.165) is 7.11 Å². The van der Waals surface area contributed by atoms with Crippen molar-refractivity contribution in [2.24, 2.45) is 11.8 Å². The molecule has 2 aromatic rings. The highest BCUT2D eigenvalue weighted by Gasteiger charge is 2.43. The number of ketones is 2. The molecular weight excluding hydrogens is 388 g/mol. The Bertz CT molecular complexity index is 963. The van der Waals surface area contributed by atoms with E-state index >= 15 is 0 Å². The second-order valence-electron chi connectivity index (χ2n) is 6.53. The van der Waals surface area contributed by atoms with Crippen LogP contribution in [-0.4, -0.2) is 29.6 Å². The number of methoxy groups -OCH3 is 1. The van der Waals surface area contributed by atoms with Gasteiger partial charge in [0, 0.05) is 30.0 Å². The molecule has 0 aromatic heterocycles. The Morgan fingerprint density at radius 3 is 2.17 bits per heavy atom. The molecule has 0 aliphatic heterocycles. The van der Waals surface area contributed by atoms with Gasteiger partial charge in [0.1, 0.15) is 17.6 Å². The van der Waals surface area contributed by atoms with E-state index in [0.29, 0.717) is 0 Å². The lowest BCUT2D eigenvalue weighted by Gasteiger charge is -2.27. The van der Waals surface area contributed by atoms with E-state index in [-0.39, 0.29) is 23.2 Å². The number of ether oxygens (including phenoxy) is 1. The van der Waals surface area contributed by atoms with Gasteiger partial charge >= 0.3 is 5.97 Å². The maximum absolute atomic E-state index is 13.1. The molecule has 0 spiro atoms. The molecule has 3 atom stereocenters. The summed E-state index contributed by atoms with van der Waals surface area (Å²) in [5.74, 6) is -5.87. The molecule has 0 aliphatic carbocycles. The number of nitriles is 1. The smallest absolute Gasteiger partial charge is 0.316 e. The van der Waals surface area contributed by atoms with Crippen LogP contribution in [0.5, 0.6) is 0 Å². The summed E-state index contributed by atoms with van der Waals surface area (Å²) in [4.78, 5) is 48.6. The molecule has 2 aromatic carbocycles. The Balaban J connectivity index is 2.65. The van der Waals surface area contributed by atoms with Gasteiger partial charge in [-0.3, -0.25) is 24.5 Å². The second kappa shape index (κ2) is 10.1. The van der Waals surface area contributed by atoms with Gasteiger partial charge in [0.2, 0.25) is 0 Å². The molecule has 0 fully saturated rings. The van der Waals surface area contributed by atoms with Gasteiger partial charge in [-0.05, 0) is 5.56 Å². The van der Waals surface area contributed by atoms with E-state index in [4.69, 9.17) is 4.74 Å². The number of carbonyl (C=O) groups excluding carboxylic acids is 3. The fraction of sp³-hybridized carbons (Fsp3) is 0.273. The molecule has 0 aliphatic rings. The molecule has 0 N–H and O–H groups in total. The summed E-state index contributed by atoms with van der Waals surface area (Å²) in [5, 5.41) is 20.8. The monoisotopic (exact) mass is 408 g/mol. The zero-order chi connectivity index (χ0) is 22.3. The van der Waals surface area contributed by atoms with Crippen molar-refractivity contribution in [2.75, 3.05) is 7.11 Å². The van der Waals surface area contributed by atoms with E-state index in [1.807, 2.05) is 6.07 Å². The van der Waals surface area contributed by atoms with Crippen molar-refractivity contribution in [3.8, 4) is 6.07 Å². The normalized spacial score (nSPS) is 13.4. The average molecular weight is 408 g/mol. The minimum Gasteiger partial charge on any atom is -0.468 e. The highest BCUT2D eigenvalue weighted by Crippen LogP contribution is 2.37.